The summed E-state index contributed by atoms with van der Waals surface area (Å²) >= 11 is 13.5. The fourth-order valence-corrected chi connectivity index (χ4v) is 4.32. The molecule has 2 aromatic rings. The topological polar surface area (TPSA) is 47.6 Å². The summed E-state index contributed by atoms with van der Waals surface area (Å²) in [5.41, 5.74) is 1.63. The van der Waals surface area contributed by atoms with E-state index in [9.17, 15) is 4.79 Å². The number of halogens is 2. The first-order valence-corrected chi connectivity index (χ1v) is 10.9. The number of amides is 1. The van der Waals surface area contributed by atoms with Crippen LogP contribution in [-0.2, 0) is 10.5 Å². The van der Waals surface area contributed by atoms with Crippen molar-refractivity contribution >= 4 is 40.9 Å². The van der Waals surface area contributed by atoms with Gasteiger partial charge in [-0.25, -0.2) is 0 Å². The number of ether oxygens (including phenoxy) is 2. The molecule has 1 amide bonds. The standard InChI is InChI=1S/C21H23Cl2NO3S/c1-21(2)10-18(15-9-14(26-3)5-7-19(15)27-21)24-20(25)12-28-11-13-4-6-16(22)17(23)8-13/h4-9,18H,10-12H2,1-3H3,(H,24,25)/t18-/m0/s1. The summed E-state index contributed by atoms with van der Waals surface area (Å²) in [6.07, 6.45) is 0.691. The van der Waals surface area contributed by atoms with Gasteiger partial charge in [-0.3, -0.25) is 4.79 Å². The second kappa shape index (κ2) is 8.85. The zero-order valence-corrected chi connectivity index (χ0v) is 18.4. The number of nitrogens with one attached hydrogen (secondary N) is 1. The van der Waals surface area contributed by atoms with Crippen molar-refractivity contribution in [2.24, 2.45) is 0 Å². The number of hydrogen-bond acceptors (Lipinski definition) is 4. The van der Waals surface area contributed by atoms with Gasteiger partial charge in [0.1, 0.15) is 17.1 Å². The number of carbonyl (C=O) groups excluding carboxylic acids is 1. The van der Waals surface area contributed by atoms with Crippen molar-refractivity contribution < 1.29 is 14.3 Å². The van der Waals surface area contributed by atoms with Gasteiger partial charge in [-0.1, -0.05) is 29.3 Å². The Bertz CT molecular complexity index is 873. The second-order valence-corrected chi connectivity index (χ2v) is 9.13. The van der Waals surface area contributed by atoms with E-state index in [-0.39, 0.29) is 17.6 Å². The summed E-state index contributed by atoms with van der Waals surface area (Å²) in [4.78, 5) is 12.5. The van der Waals surface area contributed by atoms with Gasteiger partial charge in [0.2, 0.25) is 5.91 Å². The molecule has 7 heteroatoms. The molecule has 0 saturated heterocycles. The van der Waals surface area contributed by atoms with Crippen molar-refractivity contribution in [2.45, 2.75) is 37.7 Å². The molecule has 0 spiro atoms. The van der Waals surface area contributed by atoms with Gasteiger partial charge < -0.3 is 14.8 Å². The van der Waals surface area contributed by atoms with Crippen LogP contribution in [0.5, 0.6) is 11.5 Å². The molecule has 4 nitrogen and oxygen atoms in total. The van der Waals surface area contributed by atoms with Crippen LogP contribution in [-0.4, -0.2) is 24.4 Å². The summed E-state index contributed by atoms with van der Waals surface area (Å²) < 4.78 is 11.4. The Hall–Kier alpha value is -1.56. The number of rotatable bonds is 6. The van der Waals surface area contributed by atoms with Gasteiger partial charge in [-0.15, -0.1) is 11.8 Å². The van der Waals surface area contributed by atoms with E-state index in [4.69, 9.17) is 32.7 Å². The lowest BCUT2D eigenvalue weighted by atomic mass is 9.89. The molecule has 0 bridgehead atoms. The van der Waals surface area contributed by atoms with E-state index in [2.05, 4.69) is 5.32 Å². The second-order valence-electron chi connectivity index (χ2n) is 7.33. The van der Waals surface area contributed by atoms with Crippen LogP contribution in [0.3, 0.4) is 0 Å². The molecule has 0 aromatic heterocycles. The Morgan fingerprint density at radius 1 is 1.25 bits per heavy atom. The van der Waals surface area contributed by atoms with Gasteiger partial charge in [-0.2, -0.15) is 0 Å². The van der Waals surface area contributed by atoms with Crippen molar-refractivity contribution in [2.75, 3.05) is 12.9 Å². The monoisotopic (exact) mass is 439 g/mol. The SMILES string of the molecule is COc1ccc2c(c1)[C@@H](NC(=O)CSCc1ccc(Cl)c(Cl)c1)CC(C)(C)O2. The molecule has 0 radical (unpaired) electrons. The highest BCUT2D eigenvalue weighted by atomic mass is 35.5. The molecule has 0 unspecified atom stereocenters. The van der Waals surface area contributed by atoms with Crippen molar-refractivity contribution in [3.8, 4) is 11.5 Å². The Balaban J connectivity index is 1.62. The van der Waals surface area contributed by atoms with E-state index < -0.39 is 0 Å². The van der Waals surface area contributed by atoms with Crippen LogP contribution in [0.25, 0.3) is 0 Å². The lowest BCUT2D eigenvalue weighted by Gasteiger charge is -2.38. The van der Waals surface area contributed by atoms with E-state index in [0.717, 1.165) is 22.6 Å². The predicted molar refractivity (Wildman–Crippen MR) is 116 cm³/mol. The first-order valence-electron chi connectivity index (χ1n) is 8.95. The lowest BCUT2D eigenvalue weighted by molar-refractivity contribution is -0.119. The number of fused-ring (bicyclic) bond motifs is 1. The molecule has 0 saturated carbocycles. The summed E-state index contributed by atoms with van der Waals surface area (Å²) in [5.74, 6) is 2.56. The molecule has 3 rings (SSSR count). The third kappa shape index (κ3) is 5.28. The molecule has 1 aliphatic heterocycles. The minimum atomic E-state index is -0.354. The van der Waals surface area contributed by atoms with Crippen LogP contribution in [0.1, 0.15) is 37.4 Å². The third-order valence-electron chi connectivity index (χ3n) is 4.50. The molecule has 1 N–H and O–H groups in total. The van der Waals surface area contributed by atoms with Crippen LogP contribution in [0.15, 0.2) is 36.4 Å². The van der Waals surface area contributed by atoms with Crippen LogP contribution in [0.2, 0.25) is 10.0 Å². The Morgan fingerprint density at radius 2 is 2.04 bits per heavy atom. The molecule has 0 fully saturated rings. The summed E-state index contributed by atoms with van der Waals surface area (Å²) in [7, 11) is 1.63. The van der Waals surface area contributed by atoms with E-state index in [1.165, 1.54) is 11.8 Å². The van der Waals surface area contributed by atoms with E-state index >= 15 is 0 Å². The average Bonchev–Trinajstić information content (AvgIpc) is 2.63. The minimum absolute atomic E-state index is 0.0125. The molecule has 28 heavy (non-hydrogen) atoms. The zero-order chi connectivity index (χ0) is 20.3. The summed E-state index contributed by atoms with van der Waals surface area (Å²) in [5, 5.41) is 4.21. The molecule has 0 aliphatic carbocycles. The highest BCUT2D eigenvalue weighted by Crippen LogP contribution is 2.41. The Morgan fingerprint density at radius 3 is 2.75 bits per heavy atom. The maximum atomic E-state index is 12.5. The number of thioether (sulfide) groups is 1. The maximum absolute atomic E-state index is 12.5. The largest absolute Gasteiger partial charge is 0.497 e. The molecular weight excluding hydrogens is 417 g/mol. The fraction of sp³-hybridized carbons (Fsp3) is 0.381. The third-order valence-corrected chi connectivity index (χ3v) is 6.24. The van der Waals surface area contributed by atoms with Crippen LogP contribution in [0.4, 0.5) is 0 Å². The summed E-state index contributed by atoms with van der Waals surface area (Å²) in [6.45, 7) is 4.05. The van der Waals surface area contributed by atoms with E-state index in [1.54, 1.807) is 13.2 Å². The van der Waals surface area contributed by atoms with Crippen LogP contribution in [0, 0.1) is 0 Å². The highest BCUT2D eigenvalue weighted by molar-refractivity contribution is 7.99. The lowest BCUT2D eigenvalue weighted by Crippen LogP contribution is -2.41. The number of benzene rings is 2. The molecular formula is C21H23Cl2NO3S. The Kier molecular flexibility index (Phi) is 6.69. The van der Waals surface area contributed by atoms with Crippen molar-refractivity contribution in [3.63, 3.8) is 0 Å². The normalized spacial score (nSPS) is 17.4. The molecule has 1 atom stereocenters. The van der Waals surface area contributed by atoms with Gasteiger partial charge in [0, 0.05) is 17.7 Å². The van der Waals surface area contributed by atoms with Gasteiger partial charge in [0.25, 0.3) is 0 Å². The van der Waals surface area contributed by atoms with Gasteiger partial charge >= 0.3 is 0 Å². The fourth-order valence-electron chi connectivity index (χ4n) is 3.22. The van der Waals surface area contributed by atoms with Gasteiger partial charge in [0.05, 0.1) is 28.9 Å². The van der Waals surface area contributed by atoms with Gasteiger partial charge in [0.15, 0.2) is 0 Å². The smallest absolute Gasteiger partial charge is 0.230 e. The van der Waals surface area contributed by atoms with Crippen LogP contribution < -0.4 is 14.8 Å². The van der Waals surface area contributed by atoms with Crippen molar-refractivity contribution in [1.82, 2.24) is 5.32 Å². The number of methoxy groups -OCH3 is 1. The van der Waals surface area contributed by atoms with E-state index in [1.807, 2.05) is 44.2 Å². The predicted octanol–water partition coefficient (Wildman–Crippen LogP) is 5.65. The Labute approximate surface area is 179 Å². The maximum Gasteiger partial charge on any atom is 0.230 e. The van der Waals surface area contributed by atoms with E-state index in [0.29, 0.717) is 28.0 Å². The molecule has 1 heterocycles. The first-order chi connectivity index (χ1) is 13.3. The molecule has 2 aromatic carbocycles. The minimum Gasteiger partial charge on any atom is -0.497 e. The highest BCUT2D eigenvalue weighted by Gasteiger charge is 2.34. The quantitative estimate of drug-likeness (QED) is 0.630. The number of hydrogen-bond donors (Lipinski definition) is 1. The number of carbonyl (C=O) groups is 1. The first kappa shape index (κ1) is 21.2. The molecule has 1 aliphatic rings. The van der Waals surface area contributed by atoms with Gasteiger partial charge in [-0.05, 0) is 49.7 Å². The van der Waals surface area contributed by atoms with Crippen molar-refractivity contribution in [3.05, 3.63) is 57.6 Å². The molecule has 150 valence electrons. The summed E-state index contributed by atoms with van der Waals surface area (Å²) in [6, 6.07) is 11.1. The van der Waals surface area contributed by atoms with Crippen molar-refractivity contribution in [1.29, 1.82) is 0 Å². The zero-order valence-electron chi connectivity index (χ0n) is 16.1. The average molecular weight is 440 g/mol. The van der Waals surface area contributed by atoms with Crippen LogP contribution >= 0.6 is 35.0 Å².